The van der Waals surface area contributed by atoms with Gasteiger partial charge < -0.3 is 28.8 Å². The minimum Gasteiger partial charge on any atom is -0.508 e. The molecule has 0 radical (unpaired) electrons. The van der Waals surface area contributed by atoms with E-state index in [1.54, 1.807) is 12.1 Å². The van der Waals surface area contributed by atoms with Crippen LogP contribution in [-0.2, 0) is 23.9 Å². The summed E-state index contributed by atoms with van der Waals surface area (Å²) in [5.41, 5.74) is 1.58. The number of cyclic esters (lactones) is 1. The number of benzene rings is 3. The van der Waals surface area contributed by atoms with E-state index in [1.165, 1.54) is 48.9 Å². The van der Waals surface area contributed by atoms with Gasteiger partial charge in [0.25, 0.3) is 0 Å². The Kier molecular flexibility index (Phi) is 22.3. The zero-order valence-corrected chi connectivity index (χ0v) is 41.4. The Bertz CT molecular complexity index is 1800. The maximum absolute atomic E-state index is 12.1. The average molecular weight is 875 g/mol. The molecule has 1 aliphatic heterocycles. The number of esters is 3. The minimum atomic E-state index is -0.474. The van der Waals surface area contributed by atoms with E-state index in [1.807, 2.05) is 59.7 Å². The molecule has 1 aliphatic carbocycles. The molecule has 1 N–H and O–H groups in total. The first-order valence-electron chi connectivity index (χ1n) is 23.5. The van der Waals surface area contributed by atoms with Crippen molar-refractivity contribution in [2.75, 3.05) is 6.61 Å². The summed E-state index contributed by atoms with van der Waals surface area (Å²) < 4.78 is 27.3. The van der Waals surface area contributed by atoms with E-state index in [9.17, 15) is 14.4 Å². The van der Waals surface area contributed by atoms with Crippen LogP contribution in [0.5, 0.6) is 23.0 Å². The van der Waals surface area contributed by atoms with Crippen LogP contribution in [0.3, 0.4) is 0 Å². The fourth-order valence-electron chi connectivity index (χ4n) is 6.44. The predicted octanol–water partition coefficient (Wildman–Crippen LogP) is 14.1. The minimum absolute atomic E-state index is 0.0150. The van der Waals surface area contributed by atoms with Gasteiger partial charge in [0, 0.05) is 6.42 Å². The first-order chi connectivity index (χ1) is 29.5. The van der Waals surface area contributed by atoms with E-state index in [2.05, 4.69) is 85.7 Å². The third kappa shape index (κ3) is 19.0. The van der Waals surface area contributed by atoms with E-state index < -0.39 is 11.5 Å². The van der Waals surface area contributed by atoms with Gasteiger partial charge in [0.15, 0.2) is 6.10 Å². The Hall–Kier alpha value is -4.53. The highest BCUT2D eigenvalue weighted by molar-refractivity contribution is 5.78. The molecule has 0 amide bonds. The Morgan fingerprint density at radius 2 is 1.25 bits per heavy atom. The van der Waals surface area contributed by atoms with Crippen LogP contribution >= 0.6 is 0 Å². The number of phenolic OH excluding ortho intramolecular Hbond substituents is 1. The van der Waals surface area contributed by atoms with Gasteiger partial charge >= 0.3 is 17.9 Å². The van der Waals surface area contributed by atoms with Crippen molar-refractivity contribution in [1.29, 1.82) is 0 Å². The van der Waals surface area contributed by atoms with Gasteiger partial charge in [-0.25, -0.2) is 4.79 Å². The zero-order chi connectivity index (χ0) is 47.4. The molecule has 3 unspecified atom stereocenters. The molecule has 0 bridgehead atoms. The summed E-state index contributed by atoms with van der Waals surface area (Å²) in [4.78, 5) is 35.0. The van der Waals surface area contributed by atoms with Crippen molar-refractivity contribution in [1.82, 2.24) is 0 Å². The summed E-state index contributed by atoms with van der Waals surface area (Å²) >= 11 is 0. The van der Waals surface area contributed by atoms with Crippen molar-refractivity contribution in [2.24, 2.45) is 10.8 Å². The van der Waals surface area contributed by atoms with Gasteiger partial charge in [-0.15, -0.1) is 0 Å². The largest absolute Gasteiger partial charge is 0.508 e. The summed E-state index contributed by atoms with van der Waals surface area (Å²) in [6.45, 7) is 29.3. The molecule has 2 fully saturated rings. The lowest BCUT2D eigenvalue weighted by molar-refractivity contribution is -0.174. The highest BCUT2D eigenvalue weighted by Crippen LogP contribution is 2.37. The molecule has 5 rings (SSSR count). The van der Waals surface area contributed by atoms with Crippen LogP contribution in [0, 0.1) is 10.8 Å². The van der Waals surface area contributed by atoms with Crippen LogP contribution < -0.4 is 14.2 Å². The molecular formula is C54H82O9. The molecule has 2 aliphatic rings. The van der Waals surface area contributed by atoms with Crippen molar-refractivity contribution < 1.29 is 43.2 Å². The lowest BCUT2D eigenvalue weighted by Crippen LogP contribution is -2.40. The highest BCUT2D eigenvalue weighted by atomic mass is 16.6. The fourth-order valence-corrected chi connectivity index (χ4v) is 6.44. The van der Waals surface area contributed by atoms with Crippen molar-refractivity contribution in [2.45, 2.75) is 197 Å². The molecule has 1 saturated carbocycles. The molecule has 0 aromatic heterocycles. The fraction of sp³-hybridized carbons (Fsp3) is 0.611. The zero-order valence-electron chi connectivity index (χ0n) is 41.4. The van der Waals surface area contributed by atoms with Gasteiger partial charge in [0.2, 0.25) is 0 Å². The number of hydrogen-bond donors (Lipinski definition) is 1. The van der Waals surface area contributed by atoms with Gasteiger partial charge in [-0.05, 0) is 178 Å². The third-order valence-electron chi connectivity index (χ3n) is 12.3. The second-order valence-electron chi connectivity index (χ2n) is 19.4. The van der Waals surface area contributed by atoms with E-state index >= 15 is 0 Å². The number of hydrogen-bond acceptors (Lipinski definition) is 9. The van der Waals surface area contributed by atoms with Crippen molar-refractivity contribution in [3.63, 3.8) is 0 Å². The second kappa shape index (κ2) is 25.7. The molecule has 9 heteroatoms. The van der Waals surface area contributed by atoms with Crippen molar-refractivity contribution >= 4 is 17.9 Å². The lowest BCUT2D eigenvalue weighted by Gasteiger charge is -2.38. The van der Waals surface area contributed by atoms with Crippen LogP contribution in [0.1, 0.15) is 191 Å². The molecule has 3 aromatic carbocycles. The highest BCUT2D eigenvalue weighted by Gasteiger charge is 2.38. The maximum Gasteiger partial charge on any atom is 0.347 e. The first-order valence-corrected chi connectivity index (χ1v) is 23.5. The summed E-state index contributed by atoms with van der Waals surface area (Å²) in [5, 5.41) is 9.06. The predicted molar refractivity (Wildman–Crippen MR) is 255 cm³/mol. The number of phenols is 1. The monoisotopic (exact) mass is 875 g/mol. The third-order valence-corrected chi connectivity index (χ3v) is 12.3. The summed E-state index contributed by atoms with van der Waals surface area (Å²) in [6.07, 6.45) is 10.8. The van der Waals surface area contributed by atoms with E-state index in [-0.39, 0.29) is 40.3 Å². The quantitative estimate of drug-likeness (QED) is 0.125. The smallest absolute Gasteiger partial charge is 0.347 e. The van der Waals surface area contributed by atoms with E-state index in [4.69, 9.17) is 28.8 Å². The van der Waals surface area contributed by atoms with Crippen LogP contribution in [0.2, 0.25) is 0 Å². The van der Waals surface area contributed by atoms with Gasteiger partial charge in [-0.2, -0.15) is 0 Å². The Labute approximate surface area is 381 Å². The molecule has 352 valence electrons. The SMILES string of the molecule is CCC(C)(C)C(=O)Oc1ccc(O)cc1.CCC(C)c1ccc(OC2CCOC2=O)cc1.CCC(C)c1cccc(OC(C)(C)C)c1.CCC1(OC(=O)C(C)(C)CC)CCCCC1. The average Bonchev–Trinajstić information content (AvgIpc) is 3.67. The number of carbonyl (C=O) groups excluding carboxylic acids is 3. The molecule has 9 nitrogen and oxygen atoms in total. The lowest BCUT2D eigenvalue weighted by atomic mass is 9.82. The van der Waals surface area contributed by atoms with E-state index in [0.717, 1.165) is 50.0 Å². The maximum atomic E-state index is 12.1. The Balaban J connectivity index is 0.000000289. The molecule has 1 heterocycles. The second-order valence-corrected chi connectivity index (χ2v) is 19.4. The van der Waals surface area contributed by atoms with Crippen molar-refractivity contribution in [3.8, 4) is 23.0 Å². The van der Waals surface area contributed by atoms with Gasteiger partial charge in [0.05, 0.1) is 17.4 Å². The number of ether oxygens (including phenoxy) is 5. The normalized spacial score (nSPS) is 16.8. The number of rotatable bonds is 14. The Morgan fingerprint density at radius 3 is 1.75 bits per heavy atom. The summed E-state index contributed by atoms with van der Waals surface area (Å²) in [5.74, 6) is 2.96. The van der Waals surface area contributed by atoms with Gasteiger partial charge in [0.1, 0.15) is 34.2 Å². The van der Waals surface area contributed by atoms with Crippen LogP contribution in [-0.4, -0.2) is 46.9 Å². The van der Waals surface area contributed by atoms with Crippen LogP contribution in [0.4, 0.5) is 0 Å². The first kappa shape index (κ1) is 54.6. The van der Waals surface area contributed by atoms with Gasteiger partial charge in [-0.1, -0.05) is 79.2 Å². The molecule has 0 spiro atoms. The van der Waals surface area contributed by atoms with E-state index in [0.29, 0.717) is 30.6 Å². The summed E-state index contributed by atoms with van der Waals surface area (Å²) in [6, 6.07) is 22.5. The number of aromatic hydroxyl groups is 1. The standard InChI is InChI=1S/C14H18O3.C14H26O2.C14H22O.C12H16O3/c1-3-10(2)11-4-6-12(7-5-11)17-13-8-9-16-14(13)15;1-5-13(3,4)12(15)16-14(6-2)10-8-7-9-11-14;1-6-11(2)12-8-7-9-13(10-12)15-14(3,4)5;1-4-12(2,3)11(14)15-10-7-5-9(13)6-8-10/h4-7,10,13H,3,8-9H2,1-2H3;5-11H2,1-4H3;7-11H,6H2,1-5H3;5-8,13H,4H2,1-3H3. The molecule has 3 atom stereocenters. The molecular weight excluding hydrogens is 793 g/mol. The van der Waals surface area contributed by atoms with Crippen LogP contribution in [0.25, 0.3) is 0 Å². The molecule has 1 saturated heterocycles. The number of carbonyl (C=O) groups is 3. The Morgan fingerprint density at radius 1 is 0.714 bits per heavy atom. The van der Waals surface area contributed by atoms with Crippen molar-refractivity contribution in [3.05, 3.63) is 83.9 Å². The summed E-state index contributed by atoms with van der Waals surface area (Å²) in [7, 11) is 0. The molecule has 3 aromatic rings. The van der Waals surface area contributed by atoms with Crippen LogP contribution in [0.15, 0.2) is 72.8 Å². The topological polar surface area (TPSA) is 118 Å². The molecule has 63 heavy (non-hydrogen) atoms. The van der Waals surface area contributed by atoms with Gasteiger partial charge in [-0.3, -0.25) is 9.59 Å².